The van der Waals surface area contributed by atoms with Crippen LogP contribution in [0, 0.1) is 5.92 Å². The number of aliphatic carboxylic acids is 1. The molecule has 1 aliphatic rings. The van der Waals surface area contributed by atoms with Crippen molar-refractivity contribution < 1.29 is 18.3 Å². The molecule has 0 spiro atoms. The van der Waals surface area contributed by atoms with Gasteiger partial charge in [0.25, 0.3) is 0 Å². The number of carboxylic acid groups (broad SMARTS) is 1. The Morgan fingerprint density at radius 1 is 1.24 bits per heavy atom. The molecule has 0 aromatic carbocycles. The number of hydrogen-bond acceptors (Lipinski definition) is 3. The Morgan fingerprint density at radius 2 is 1.76 bits per heavy atom. The molecule has 1 rings (SSSR count). The van der Waals surface area contributed by atoms with Gasteiger partial charge in [-0.1, -0.05) is 20.3 Å². The minimum absolute atomic E-state index is 0.158. The van der Waals surface area contributed by atoms with Gasteiger partial charge in [-0.3, -0.25) is 4.79 Å². The standard InChI is InChI=1S/C12H22O4S/c1-3-9-5-7-10(8-6-9)17(15,16)11(4-2)12(13)14/h9-11H,3-8H2,1-2H3,(H,13,14). The fraction of sp³-hybridized carbons (Fsp3) is 0.917. The summed E-state index contributed by atoms with van der Waals surface area (Å²) in [7, 11) is -3.50. The first-order valence-electron chi connectivity index (χ1n) is 6.38. The van der Waals surface area contributed by atoms with Crippen LogP contribution >= 0.6 is 0 Å². The molecule has 0 aliphatic heterocycles. The van der Waals surface area contributed by atoms with Gasteiger partial charge in [-0.05, 0) is 38.0 Å². The minimum Gasteiger partial charge on any atom is -0.480 e. The highest BCUT2D eigenvalue weighted by atomic mass is 32.2. The third-order valence-electron chi connectivity index (χ3n) is 3.88. The summed E-state index contributed by atoms with van der Waals surface area (Å²) in [4.78, 5) is 11.0. The molecule has 1 aliphatic carbocycles. The molecule has 0 saturated heterocycles. The molecule has 5 heteroatoms. The maximum atomic E-state index is 12.2. The number of rotatable bonds is 5. The fourth-order valence-electron chi connectivity index (χ4n) is 2.65. The quantitative estimate of drug-likeness (QED) is 0.824. The van der Waals surface area contributed by atoms with Crippen molar-refractivity contribution in [2.75, 3.05) is 0 Å². The maximum Gasteiger partial charge on any atom is 0.321 e. The van der Waals surface area contributed by atoms with Gasteiger partial charge in [0.1, 0.15) is 0 Å². The third-order valence-corrected chi connectivity index (χ3v) is 6.61. The van der Waals surface area contributed by atoms with Crippen molar-refractivity contribution >= 4 is 15.8 Å². The van der Waals surface area contributed by atoms with E-state index in [1.807, 2.05) is 0 Å². The second-order valence-electron chi connectivity index (χ2n) is 4.88. The van der Waals surface area contributed by atoms with Crippen molar-refractivity contribution in [3.63, 3.8) is 0 Å². The van der Waals surface area contributed by atoms with E-state index in [4.69, 9.17) is 5.11 Å². The molecule has 1 saturated carbocycles. The average molecular weight is 262 g/mol. The lowest BCUT2D eigenvalue weighted by atomic mass is 9.87. The first-order chi connectivity index (χ1) is 7.93. The normalized spacial score (nSPS) is 27.6. The molecule has 0 aromatic heterocycles. The van der Waals surface area contributed by atoms with Crippen LogP contribution < -0.4 is 0 Å². The van der Waals surface area contributed by atoms with Crippen LogP contribution in [-0.2, 0) is 14.6 Å². The largest absolute Gasteiger partial charge is 0.480 e. The Hall–Kier alpha value is -0.580. The van der Waals surface area contributed by atoms with Crippen LogP contribution in [-0.4, -0.2) is 30.0 Å². The highest BCUT2D eigenvalue weighted by molar-refractivity contribution is 7.93. The highest BCUT2D eigenvalue weighted by Gasteiger charge is 2.39. The lowest BCUT2D eigenvalue weighted by Gasteiger charge is -2.29. The summed E-state index contributed by atoms with van der Waals surface area (Å²) in [5.41, 5.74) is 0. The van der Waals surface area contributed by atoms with Crippen LogP contribution in [0.4, 0.5) is 0 Å². The molecule has 4 nitrogen and oxygen atoms in total. The molecule has 0 amide bonds. The summed E-state index contributed by atoms with van der Waals surface area (Å²) in [6.45, 7) is 3.74. The molecule has 0 radical (unpaired) electrons. The average Bonchev–Trinajstić information content (AvgIpc) is 2.29. The molecule has 17 heavy (non-hydrogen) atoms. The molecule has 0 bridgehead atoms. The molecule has 0 heterocycles. The van der Waals surface area contributed by atoms with Crippen molar-refractivity contribution in [2.45, 2.75) is 62.9 Å². The summed E-state index contributed by atoms with van der Waals surface area (Å²) in [5, 5.41) is 7.30. The van der Waals surface area contributed by atoms with Gasteiger partial charge in [0, 0.05) is 0 Å². The van der Waals surface area contributed by atoms with Gasteiger partial charge in [0.05, 0.1) is 5.25 Å². The summed E-state index contributed by atoms with van der Waals surface area (Å²) < 4.78 is 24.3. The fourth-order valence-corrected chi connectivity index (χ4v) is 4.79. The first kappa shape index (κ1) is 14.5. The molecule has 100 valence electrons. The third kappa shape index (κ3) is 3.21. The first-order valence-corrected chi connectivity index (χ1v) is 7.99. The zero-order valence-electron chi connectivity index (χ0n) is 10.6. The van der Waals surface area contributed by atoms with E-state index in [0.29, 0.717) is 18.8 Å². The Balaban J connectivity index is 2.75. The van der Waals surface area contributed by atoms with E-state index in [1.165, 1.54) is 0 Å². The number of hydrogen-bond donors (Lipinski definition) is 1. The van der Waals surface area contributed by atoms with Crippen LogP contribution in [0.15, 0.2) is 0 Å². The Kier molecular flexibility index (Phi) is 4.98. The molecule has 1 unspecified atom stereocenters. The van der Waals surface area contributed by atoms with Gasteiger partial charge in [-0.25, -0.2) is 8.42 Å². The van der Waals surface area contributed by atoms with E-state index in [-0.39, 0.29) is 6.42 Å². The van der Waals surface area contributed by atoms with E-state index in [0.717, 1.165) is 19.3 Å². The zero-order valence-corrected chi connectivity index (χ0v) is 11.4. The summed E-state index contributed by atoms with van der Waals surface area (Å²) >= 11 is 0. The lowest BCUT2D eigenvalue weighted by Crippen LogP contribution is -2.39. The zero-order chi connectivity index (χ0) is 13.1. The molecular weight excluding hydrogens is 240 g/mol. The van der Waals surface area contributed by atoms with E-state index in [9.17, 15) is 13.2 Å². The predicted octanol–water partition coefficient (Wildman–Crippen LogP) is 2.23. The van der Waals surface area contributed by atoms with E-state index < -0.39 is 26.3 Å². The molecule has 0 aromatic rings. The van der Waals surface area contributed by atoms with Crippen LogP contribution in [0.1, 0.15) is 52.4 Å². The summed E-state index contributed by atoms with van der Waals surface area (Å²) in [5.74, 6) is -0.587. The van der Waals surface area contributed by atoms with Crippen molar-refractivity contribution in [3.05, 3.63) is 0 Å². The molecular formula is C12H22O4S. The highest BCUT2D eigenvalue weighted by Crippen LogP contribution is 2.32. The van der Waals surface area contributed by atoms with Gasteiger partial charge < -0.3 is 5.11 Å². The van der Waals surface area contributed by atoms with Crippen LogP contribution in [0.3, 0.4) is 0 Å². The second-order valence-corrected chi connectivity index (χ2v) is 7.29. The smallest absolute Gasteiger partial charge is 0.321 e. The van der Waals surface area contributed by atoms with Crippen molar-refractivity contribution in [2.24, 2.45) is 5.92 Å². The van der Waals surface area contributed by atoms with Crippen LogP contribution in [0.25, 0.3) is 0 Å². The van der Waals surface area contributed by atoms with Crippen molar-refractivity contribution in [1.82, 2.24) is 0 Å². The van der Waals surface area contributed by atoms with Gasteiger partial charge in [0.15, 0.2) is 15.1 Å². The number of carbonyl (C=O) groups is 1. The number of carboxylic acids is 1. The minimum atomic E-state index is -3.50. The second kappa shape index (κ2) is 5.85. The Labute approximate surface area is 103 Å². The number of sulfone groups is 1. The van der Waals surface area contributed by atoms with E-state index in [1.54, 1.807) is 6.92 Å². The van der Waals surface area contributed by atoms with Gasteiger partial charge in [-0.2, -0.15) is 0 Å². The summed E-state index contributed by atoms with van der Waals surface area (Å²) in [6.07, 6.45) is 4.33. The van der Waals surface area contributed by atoms with Crippen LogP contribution in [0.2, 0.25) is 0 Å². The SMILES string of the molecule is CCC1CCC(S(=O)(=O)C(CC)C(=O)O)CC1. The topological polar surface area (TPSA) is 71.4 Å². The molecule has 1 fully saturated rings. The monoisotopic (exact) mass is 262 g/mol. The predicted molar refractivity (Wildman–Crippen MR) is 66.7 cm³/mol. The Morgan fingerprint density at radius 3 is 2.12 bits per heavy atom. The molecule has 1 N–H and O–H groups in total. The molecule has 1 atom stereocenters. The maximum absolute atomic E-state index is 12.2. The van der Waals surface area contributed by atoms with Crippen LogP contribution in [0.5, 0.6) is 0 Å². The van der Waals surface area contributed by atoms with E-state index >= 15 is 0 Å². The van der Waals surface area contributed by atoms with Crippen molar-refractivity contribution in [1.29, 1.82) is 0 Å². The van der Waals surface area contributed by atoms with Gasteiger partial charge >= 0.3 is 5.97 Å². The van der Waals surface area contributed by atoms with Crippen molar-refractivity contribution in [3.8, 4) is 0 Å². The summed E-state index contributed by atoms with van der Waals surface area (Å²) in [6, 6.07) is 0. The van der Waals surface area contributed by atoms with E-state index in [2.05, 4.69) is 6.92 Å². The van der Waals surface area contributed by atoms with Gasteiger partial charge in [0.2, 0.25) is 0 Å². The Bertz CT molecular complexity index is 353. The lowest BCUT2D eigenvalue weighted by molar-refractivity contribution is -0.136. The van der Waals surface area contributed by atoms with Gasteiger partial charge in [-0.15, -0.1) is 0 Å².